The zero-order chi connectivity index (χ0) is 26.4. The highest BCUT2D eigenvalue weighted by Crippen LogP contribution is 2.55. The summed E-state index contributed by atoms with van der Waals surface area (Å²) in [6.45, 7) is 2.56. The molecule has 4 aromatic rings. The number of carbonyl (C=O) groups is 1. The molecule has 3 atom stereocenters. The summed E-state index contributed by atoms with van der Waals surface area (Å²) in [5, 5.41) is 13.6. The number of anilines is 1. The molecule has 1 saturated heterocycles. The van der Waals surface area contributed by atoms with Gasteiger partial charge in [0, 0.05) is 18.2 Å². The number of aliphatic hydroxyl groups excluding tert-OH is 1. The molecule has 0 bridgehead atoms. The van der Waals surface area contributed by atoms with Crippen LogP contribution >= 0.6 is 0 Å². The Hall–Kier alpha value is -4.02. The van der Waals surface area contributed by atoms with Crippen molar-refractivity contribution in [3.63, 3.8) is 0 Å². The normalized spacial score (nSPS) is 21.8. The molecule has 1 unspecified atom stereocenters. The molecule has 2 aromatic carbocycles. The second kappa shape index (κ2) is 9.38. The number of hydrogen-bond donors (Lipinski definition) is 3. The highest BCUT2D eigenvalue weighted by atomic mass is 19.1. The molecule has 196 valence electrons. The van der Waals surface area contributed by atoms with Crippen molar-refractivity contribution in [2.75, 3.05) is 25.1 Å². The maximum Gasteiger partial charge on any atom is 0.198 e. The minimum atomic E-state index is -0.808. The monoisotopic (exact) mass is 521 g/mol. The number of ketones is 1. The van der Waals surface area contributed by atoms with Crippen molar-refractivity contribution in [3.05, 3.63) is 77.6 Å². The molecule has 3 heterocycles. The lowest BCUT2D eigenvalue weighted by Crippen LogP contribution is -2.26. The van der Waals surface area contributed by atoms with Crippen molar-refractivity contribution in [1.82, 2.24) is 9.97 Å². The summed E-state index contributed by atoms with van der Waals surface area (Å²) >= 11 is 0. The number of nitrogens with zero attached hydrogens (tertiary/aromatic N) is 1. The Bertz CT molecular complexity index is 1540. The molecule has 1 aliphatic heterocycles. The minimum Gasteiger partial charge on any atom is -0.490 e. The summed E-state index contributed by atoms with van der Waals surface area (Å²) in [4.78, 5) is 21.0. The van der Waals surface area contributed by atoms with Crippen LogP contribution in [0.15, 0.2) is 54.9 Å². The van der Waals surface area contributed by atoms with Gasteiger partial charge in [-0.3, -0.25) is 4.79 Å². The van der Waals surface area contributed by atoms with E-state index in [1.165, 1.54) is 36.5 Å². The van der Waals surface area contributed by atoms with E-state index >= 15 is 4.39 Å². The number of H-pyrrole nitrogens is 1. The van der Waals surface area contributed by atoms with E-state index in [1.54, 1.807) is 12.3 Å². The molecule has 8 nitrogen and oxygen atoms in total. The topological polar surface area (TPSA) is 106 Å². The maximum absolute atomic E-state index is 15.2. The summed E-state index contributed by atoms with van der Waals surface area (Å²) in [6, 6.07) is 9.57. The maximum atomic E-state index is 15.2. The number of hydrogen-bond acceptors (Lipinski definition) is 7. The predicted molar refractivity (Wildman–Crippen MR) is 135 cm³/mol. The summed E-state index contributed by atoms with van der Waals surface area (Å²) in [7, 11) is 0. The average Bonchev–Trinajstić information content (AvgIpc) is 3.26. The zero-order valence-corrected chi connectivity index (χ0v) is 20.5. The van der Waals surface area contributed by atoms with Gasteiger partial charge in [-0.1, -0.05) is 12.1 Å². The number of rotatable bonds is 9. The molecule has 2 fully saturated rings. The van der Waals surface area contributed by atoms with Crippen LogP contribution in [0.3, 0.4) is 0 Å². The van der Waals surface area contributed by atoms with Crippen molar-refractivity contribution in [1.29, 1.82) is 0 Å². The molecule has 2 aliphatic rings. The second-order valence-corrected chi connectivity index (χ2v) is 9.48. The first-order valence-corrected chi connectivity index (χ1v) is 12.3. The van der Waals surface area contributed by atoms with Crippen LogP contribution in [0.1, 0.15) is 29.3 Å². The van der Waals surface area contributed by atoms with Gasteiger partial charge < -0.3 is 29.6 Å². The quantitative estimate of drug-likeness (QED) is 0.271. The minimum absolute atomic E-state index is 0.0510. The van der Waals surface area contributed by atoms with Gasteiger partial charge in [0.05, 0.1) is 59.9 Å². The molecule has 2 aromatic heterocycles. The lowest BCUT2D eigenvalue weighted by Gasteiger charge is -2.20. The van der Waals surface area contributed by atoms with Gasteiger partial charge in [-0.15, -0.1) is 0 Å². The predicted octanol–water partition coefficient (Wildman–Crippen LogP) is 4.82. The Morgan fingerprint density at radius 2 is 2.05 bits per heavy atom. The first-order chi connectivity index (χ1) is 18.4. The Morgan fingerprint density at radius 3 is 2.76 bits per heavy atom. The number of ether oxygens (including phenoxy) is 3. The van der Waals surface area contributed by atoms with Crippen molar-refractivity contribution in [3.8, 4) is 17.2 Å². The van der Waals surface area contributed by atoms with E-state index in [-0.39, 0.29) is 46.8 Å². The van der Waals surface area contributed by atoms with Gasteiger partial charge in [0.2, 0.25) is 0 Å². The number of carbonyl (C=O) groups excluding carboxylic acids is 1. The summed E-state index contributed by atoms with van der Waals surface area (Å²) in [5.41, 5.74) is 0.648. The number of halogens is 2. The van der Waals surface area contributed by atoms with E-state index in [4.69, 9.17) is 14.2 Å². The average molecular weight is 522 g/mol. The van der Waals surface area contributed by atoms with Crippen LogP contribution in [-0.2, 0) is 4.74 Å². The molecule has 10 heteroatoms. The summed E-state index contributed by atoms with van der Waals surface area (Å²) in [6.07, 6.45) is 3.62. The van der Waals surface area contributed by atoms with Crippen molar-refractivity contribution in [2.45, 2.75) is 25.0 Å². The fourth-order valence-corrected chi connectivity index (χ4v) is 5.16. The summed E-state index contributed by atoms with van der Waals surface area (Å²) in [5.74, 6) is -1.37. The van der Waals surface area contributed by atoms with Gasteiger partial charge in [-0.05, 0) is 37.6 Å². The van der Waals surface area contributed by atoms with Crippen LogP contribution < -0.4 is 14.8 Å². The first kappa shape index (κ1) is 24.3. The van der Waals surface area contributed by atoms with Crippen molar-refractivity contribution < 1.29 is 32.9 Å². The number of nitrogens with one attached hydrogen (secondary N) is 2. The zero-order valence-electron chi connectivity index (χ0n) is 20.5. The molecular weight excluding hydrogens is 496 g/mol. The third kappa shape index (κ3) is 4.06. The molecule has 3 N–H and O–H groups in total. The standard InChI is InChI=1S/C28H25F2N3O5/c1-2-36-22-12-32-27-24(25(22)33-28-10-18(28)23(13-34)37-14-28)17(11-31-27)26(35)16-8-7-15(9-20(16)30)38-21-6-4-3-5-19(21)29/h3-9,11-12,18,23,34H,2,10,13-14H2,1H3,(H2,31,32,33)/t18?,23-,28+/m1/s1. The summed E-state index contributed by atoms with van der Waals surface area (Å²) < 4.78 is 46.1. The van der Waals surface area contributed by atoms with Gasteiger partial charge >= 0.3 is 0 Å². The number of para-hydroxylation sites is 1. The number of aromatic nitrogens is 2. The van der Waals surface area contributed by atoms with E-state index in [2.05, 4.69) is 15.3 Å². The molecule has 1 saturated carbocycles. The Labute approximate surface area is 216 Å². The van der Waals surface area contributed by atoms with Crippen LogP contribution in [0.2, 0.25) is 0 Å². The largest absolute Gasteiger partial charge is 0.490 e. The van der Waals surface area contributed by atoms with Crippen LogP contribution in [0.4, 0.5) is 14.5 Å². The van der Waals surface area contributed by atoms with E-state index in [1.807, 2.05) is 6.92 Å². The number of pyridine rings is 1. The third-order valence-electron chi connectivity index (χ3n) is 7.15. The van der Waals surface area contributed by atoms with Gasteiger partial charge in [0.25, 0.3) is 0 Å². The van der Waals surface area contributed by atoms with Crippen LogP contribution in [-0.4, -0.2) is 52.3 Å². The number of aromatic amines is 1. The third-order valence-corrected chi connectivity index (χ3v) is 7.15. The number of fused-ring (bicyclic) bond motifs is 2. The lowest BCUT2D eigenvalue weighted by atomic mass is 10.0. The molecule has 38 heavy (non-hydrogen) atoms. The molecule has 1 aliphatic carbocycles. The van der Waals surface area contributed by atoms with Gasteiger partial charge in [-0.25, -0.2) is 13.8 Å². The Kier molecular flexibility index (Phi) is 6.00. The van der Waals surface area contributed by atoms with E-state index < -0.39 is 17.4 Å². The number of benzene rings is 2. The molecular formula is C28H25F2N3O5. The molecule has 0 spiro atoms. The highest BCUT2D eigenvalue weighted by Gasteiger charge is 2.63. The fourth-order valence-electron chi connectivity index (χ4n) is 5.16. The van der Waals surface area contributed by atoms with E-state index in [0.29, 0.717) is 35.7 Å². The lowest BCUT2D eigenvalue weighted by molar-refractivity contribution is 0.0337. The van der Waals surface area contributed by atoms with Gasteiger partial charge in [-0.2, -0.15) is 0 Å². The molecule has 0 amide bonds. The fraction of sp³-hybridized carbons (Fsp3) is 0.286. The highest BCUT2D eigenvalue weighted by molar-refractivity contribution is 6.19. The van der Waals surface area contributed by atoms with Crippen molar-refractivity contribution in [2.24, 2.45) is 5.92 Å². The SMILES string of the molecule is CCOc1cnc2[nH]cc(C(=O)c3ccc(Oc4ccccc4F)cc3F)c2c1N[C@@]12CO[C@H](CO)C1C2. The van der Waals surface area contributed by atoms with E-state index in [9.17, 15) is 14.3 Å². The molecule has 6 rings (SSSR count). The van der Waals surface area contributed by atoms with Crippen LogP contribution in [0.25, 0.3) is 11.0 Å². The second-order valence-electron chi connectivity index (χ2n) is 9.48. The van der Waals surface area contributed by atoms with Crippen molar-refractivity contribution >= 4 is 22.5 Å². The Morgan fingerprint density at radius 1 is 1.21 bits per heavy atom. The number of aliphatic hydroxyl groups is 1. The van der Waals surface area contributed by atoms with E-state index in [0.717, 1.165) is 12.5 Å². The van der Waals surface area contributed by atoms with Crippen LogP contribution in [0.5, 0.6) is 17.2 Å². The van der Waals surface area contributed by atoms with Gasteiger partial charge in [0.15, 0.2) is 23.1 Å². The smallest absolute Gasteiger partial charge is 0.198 e. The first-order valence-electron chi connectivity index (χ1n) is 12.3. The molecule has 0 radical (unpaired) electrons. The van der Waals surface area contributed by atoms with Crippen LogP contribution in [0, 0.1) is 17.6 Å². The van der Waals surface area contributed by atoms with Gasteiger partial charge in [0.1, 0.15) is 17.2 Å². The Balaban J connectivity index is 1.36.